The first-order chi connectivity index (χ1) is 7.91. The second-order valence-electron chi connectivity index (χ2n) is 3.91. The fraction of sp³-hybridized carbons (Fsp3) is 0.364. The fourth-order valence-corrected chi connectivity index (χ4v) is 2.67. The van der Waals surface area contributed by atoms with Crippen LogP contribution in [0.3, 0.4) is 0 Å². The molecule has 0 unspecified atom stereocenters. The van der Waals surface area contributed by atoms with E-state index in [0.29, 0.717) is 16.2 Å². The van der Waals surface area contributed by atoms with Crippen molar-refractivity contribution < 1.29 is 9.18 Å². The van der Waals surface area contributed by atoms with E-state index < -0.39 is 0 Å². The Morgan fingerprint density at radius 2 is 2.00 bits per heavy atom. The quantitative estimate of drug-likeness (QED) is 0.720. The molecule has 1 N–H and O–H groups in total. The predicted octanol–water partition coefficient (Wildman–Crippen LogP) is 3.87. The second-order valence-corrected chi connectivity index (χ2v) is 5.89. The number of amides is 1. The third-order valence-electron chi connectivity index (χ3n) is 2.19. The van der Waals surface area contributed by atoms with Gasteiger partial charge in [0.05, 0.1) is 10.0 Å². The van der Waals surface area contributed by atoms with Crippen molar-refractivity contribution in [3.63, 3.8) is 0 Å². The molecule has 94 valence electrons. The van der Waals surface area contributed by atoms with Crippen LogP contribution in [-0.4, -0.2) is 22.1 Å². The van der Waals surface area contributed by atoms with Crippen LogP contribution in [0.15, 0.2) is 22.7 Å². The minimum Gasteiger partial charge on any atom is -0.345 e. The minimum atomic E-state index is -0.384. The van der Waals surface area contributed by atoms with Crippen LogP contribution in [0.2, 0.25) is 0 Å². The molecule has 0 spiro atoms. The van der Waals surface area contributed by atoms with Gasteiger partial charge in [0.2, 0.25) is 0 Å². The van der Waals surface area contributed by atoms with Crippen LogP contribution >= 0.6 is 47.8 Å². The van der Waals surface area contributed by atoms with Gasteiger partial charge in [-0.15, -0.1) is 0 Å². The summed E-state index contributed by atoms with van der Waals surface area (Å²) in [5.74, 6) is -0.614. The molecule has 1 aromatic carbocycles. The third-order valence-corrected chi connectivity index (χ3v) is 5.27. The van der Waals surface area contributed by atoms with Crippen LogP contribution in [0.4, 0.5) is 4.39 Å². The monoisotopic (exact) mass is 429 g/mol. The van der Waals surface area contributed by atoms with Gasteiger partial charge in [0.1, 0.15) is 5.82 Å². The van der Waals surface area contributed by atoms with Crippen molar-refractivity contribution in [2.45, 2.75) is 12.5 Å². The molecule has 1 rings (SSSR count). The van der Waals surface area contributed by atoms with Crippen molar-refractivity contribution in [1.29, 1.82) is 0 Å². The smallest absolute Gasteiger partial charge is 0.251 e. The van der Waals surface area contributed by atoms with Gasteiger partial charge in [-0.25, -0.2) is 4.39 Å². The summed E-state index contributed by atoms with van der Waals surface area (Å²) < 4.78 is 13.3. The van der Waals surface area contributed by atoms with Gasteiger partial charge in [0.15, 0.2) is 0 Å². The Kier molecular flexibility index (Phi) is 5.60. The van der Waals surface area contributed by atoms with Gasteiger partial charge in [-0.2, -0.15) is 0 Å². The summed E-state index contributed by atoms with van der Waals surface area (Å²) in [5.41, 5.74) is 0.0456. The molecular weight excluding hydrogens is 421 g/mol. The zero-order valence-corrected chi connectivity index (χ0v) is 13.8. The highest BCUT2D eigenvalue weighted by Gasteiger charge is 2.24. The van der Waals surface area contributed by atoms with E-state index in [4.69, 9.17) is 0 Å². The molecule has 17 heavy (non-hydrogen) atoms. The zero-order chi connectivity index (χ0) is 13.1. The molecule has 2 nitrogen and oxygen atoms in total. The molecule has 0 aliphatic carbocycles. The van der Waals surface area contributed by atoms with Gasteiger partial charge >= 0.3 is 0 Å². The van der Waals surface area contributed by atoms with Gasteiger partial charge in [-0.05, 0) is 41.1 Å². The van der Waals surface area contributed by atoms with Crippen molar-refractivity contribution >= 4 is 53.7 Å². The third kappa shape index (κ3) is 4.03. The average molecular weight is 432 g/mol. The standard InChI is InChI=1S/C11H11Br3FNO/c1-11(5-12,6-13)16-10(17)7-2-3-9(15)8(14)4-7/h2-4H,5-6H2,1H3,(H,16,17). The maximum Gasteiger partial charge on any atom is 0.251 e. The van der Waals surface area contributed by atoms with Gasteiger partial charge in [-0.1, -0.05) is 31.9 Å². The van der Waals surface area contributed by atoms with Gasteiger partial charge in [-0.3, -0.25) is 4.79 Å². The lowest BCUT2D eigenvalue weighted by Gasteiger charge is -2.26. The van der Waals surface area contributed by atoms with Gasteiger partial charge < -0.3 is 5.32 Å². The first kappa shape index (κ1) is 15.1. The molecule has 1 amide bonds. The van der Waals surface area contributed by atoms with Crippen LogP contribution in [0.1, 0.15) is 17.3 Å². The number of halogens is 4. The van der Waals surface area contributed by atoms with E-state index in [1.54, 1.807) is 0 Å². The molecule has 0 aliphatic rings. The predicted molar refractivity (Wildman–Crippen MR) is 77.6 cm³/mol. The maximum absolute atomic E-state index is 13.0. The molecule has 0 aliphatic heterocycles. The average Bonchev–Trinajstić information content (AvgIpc) is 2.32. The van der Waals surface area contributed by atoms with Crippen LogP contribution in [0.5, 0.6) is 0 Å². The van der Waals surface area contributed by atoms with Crippen molar-refractivity contribution in [3.05, 3.63) is 34.1 Å². The second kappa shape index (κ2) is 6.29. The number of carbonyl (C=O) groups is 1. The van der Waals surface area contributed by atoms with E-state index in [1.165, 1.54) is 18.2 Å². The Morgan fingerprint density at radius 1 is 1.41 bits per heavy atom. The van der Waals surface area contributed by atoms with Crippen LogP contribution in [-0.2, 0) is 0 Å². The summed E-state index contributed by atoms with van der Waals surface area (Å²) in [6.45, 7) is 1.91. The summed E-state index contributed by atoms with van der Waals surface area (Å²) >= 11 is 9.75. The lowest BCUT2D eigenvalue weighted by molar-refractivity contribution is 0.0923. The van der Waals surface area contributed by atoms with E-state index in [1.807, 2.05) is 6.92 Å². The summed E-state index contributed by atoms with van der Waals surface area (Å²) in [4.78, 5) is 11.9. The molecule has 0 saturated heterocycles. The Morgan fingerprint density at radius 3 is 2.47 bits per heavy atom. The first-order valence-corrected chi connectivity index (χ1v) is 7.85. The highest BCUT2D eigenvalue weighted by molar-refractivity contribution is 9.10. The summed E-state index contributed by atoms with van der Waals surface area (Å²) in [5, 5.41) is 4.13. The highest BCUT2D eigenvalue weighted by atomic mass is 79.9. The van der Waals surface area contributed by atoms with Crippen molar-refractivity contribution in [3.8, 4) is 0 Å². The number of benzene rings is 1. The summed E-state index contributed by atoms with van der Waals surface area (Å²) in [6.07, 6.45) is 0. The number of rotatable bonds is 4. The first-order valence-electron chi connectivity index (χ1n) is 4.81. The Hall–Kier alpha value is 0.0600. The molecule has 1 aromatic rings. The number of hydrogen-bond acceptors (Lipinski definition) is 1. The summed E-state index contributed by atoms with van der Waals surface area (Å²) in [7, 11) is 0. The Balaban J connectivity index is 2.86. The largest absolute Gasteiger partial charge is 0.345 e. The van der Waals surface area contributed by atoms with E-state index in [-0.39, 0.29) is 21.7 Å². The number of alkyl halides is 2. The van der Waals surface area contributed by atoms with Crippen LogP contribution in [0, 0.1) is 5.82 Å². The SMILES string of the molecule is CC(CBr)(CBr)NC(=O)c1ccc(F)c(Br)c1. The fourth-order valence-electron chi connectivity index (χ4n) is 1.09. The molecule has 6 heteroatoms. The Labute approximate surface area is 125 Å². The Bertz CT molecular complexity index is 421. The normalized spacial score (nSPS) is 11.4. The van der Waals surface area contributed by atoms with E-state index in [9.17, 15) is 9.18 Å². The van der Waals surface area contributed by atoms with Crippen LogP contribution < -0.4 is 5.32 Å². The van der Waals surface area contributed by atoms with Gasteiger partial charge in [0.25, 0.3) is 5.91 Å². The van der Waals surface area contributed by atoms with E-state index in [0.717, 1.165) is 0 Å². The molecule has 0 bridgehead atoms. The molecule has 0 heterocycles. The molecule has 0 fully saturated rings. The van der Waals surface area contributed by atoms with E-state index >= 15 is 0 Å². The highest BCUT2D eigenvalue weighted by Crippen LogP contribution is 2.18. The topological polar surface area (TPSA) is 29.1 Å². The number of nitrogens with one attached hydrogen (secondary N) is 1. The molecule has 0 aromatic heterocycles. The maximum atomic E-state index is 13.0. The molecular formula is C11H11Br3FNO. The molecule has 0 saturated carbocycles. The number of carbonyl (C=O) groups excluding carboxylic acids is 1. The summed E-state index contributed by atoms with van der Waals surface area (Å²) in [6, 6.07) is 4.18. The number of hydrogen-bond donors (Lipinski definition) is 1. The molecule has 0 atom stereocenters. The van der Waals surface area contributed by atoms with E-state index in [2.05, 4.69) is 53.1 Å². The lowest BCUT2D eigenvalue weighted by Crippen LogP contribution is -2.48. The zero-order valence-electron chi connectivity index (χ0n) is 9.07. The van der Waals surface area contributed by atoms with Crippen molar-refractivity contribution in [2.24, 2.45) is 0 Å². The van der Waals surface area contributed by atoms with Crippen LogP contribution in [0.25, 0.3) is 0 Å². The van der Waals surface area contributed by atoms with Crippen molar-refractivity contribution in [2.75, 3.05) is 10.7 Å². The molecule has 0 radical (unpaired) electrons. The van der Waals surface area contributed by atoms with Crippen molar-refractivity contribution in [1.82, 2.24) is 5.32 Å². The van der Waals surface area contributed by atoms with Gasteiger partial charge in [0, 0.05) is 16.2 Å². The lowest BCUT2D eigenvalue weighted by atomic mass is 10.1. The minimum absolute atomic E-state index is 0.230.